The van der Waals surface area contributed by atoms with Crippen LogP contribution in [0.3, 0.4) is 0 Å². The first-order valence-electron chi connectivity index (χ1n) is 11.8. The van der Waals surface area contributed by atoms with Gasteiger partial charge in [0.05, 0.1) is 17.2 Å². The molecule has 3 aromatic carbocycles. The van der Waals surface area contributed by atoms with Crippen molar-refractivity contribution in [3.05, 3.63) is 90.0 Å². The van der Waals surface area contributed by atoms with Gasteiger partial charge in [-0.15, -0.1) is 0 Å². The summed E-state index contributed by atoms with van der Waals surface area (Å²) >= 11 is 0. The molecule has 202 valence electrons. The number of sulfonamides is 1. The zero-order valence-corrected chi connectivity index (χ0v) is 22.0. The van der Waals surface area contributed by atoms with E-state index in [1.54, 1.807) is 25.1 Å². The minimum Gasteiger partial charge on any atom is -0.494 e. The topological polar surface area (TPSA) is 96.0 Å². The Kier molecular flexibility index (Phi) is 9.40. The Hall–Kier alpha value is -3.99. The van der Waals surface area contributed by atoms with Crippen molar-refractivity contribution in [1.82, 2.24) is 10.2 Å². The first kappa shape index (κ1) is 28.6. The number of hydrogen-bond acceptors (Lipinski definition) is 5. The lowest BCUT2D eigenvalue weighted by Gasteiger charge is -2.31. The van der Waals surface area contributed by atoms with E-state index in [4.69, 9.17) is 4.74 Å². The Labute approximate surface area is 220 Å². The number of nitrogens with zero attached hydrogens (tertiary/aromatic N) is 2. The van der Waals surface area contributed by atoms with E-state index >= 15 is 0 Å². The molecule has 0 aliphatic heterocycles. The van der Waals surface area contributed by atoms with E-state index in [1.807, 2.05) is 0 Å². The van der Waals surface area contributed by atoms with E-state index in [1.165, 1.54) is 44.3 Å². The fraction of sp³-hybridized carbons (Fsp3) is 0.259. The van der Waals surface area contributed by atoms with Gasteiger partial charge in [-0.1, -0.05) is 18.2 Å². The molecule has 0 saturated heterocycles. The maximum atomic E-state index is 14.4. The average molecular weight is 546 g/mol. The van der Waals surface area contributed by atoms with Gasteiger partial charge in [0.2, 0.25) is 11.8 Å². The van der Waals surface area contributed by atoms with Crippen LogP contribution in [0.15, 0.2) is 77.7 Å². The molecule has 0 aliphatic carbocycles. The number of benzene rings is 3. The molecule has 3 rings (SSSR count). The molecule has 0 aliphatic rings. The lowest BCUT2D eigenvalue weighted by molar-refractivity contribution is -0.139. The van der Waals surface area contributed by atoms with E-state index < -0.39 is 46.1 Å². The maximum absolute atomic E-state index is 14.4. The van der Waals surface area contributed by atoms with Gasteiger partial charge in [0, 0.05) is 19.2 Å². The Morgan fingerprint density at radius 1 is 0.974 bits per heavy atom. The summed E-state index contributed by atoms with van der Waals surface area (Å²) < 4.78 is 61.5. The summed E-state index contributed by atoms with van der Waals surface area (Å²) in [7, 11) is -2.95. The largest absolute Gasteiger partial charge is 0.494 e. The number of likely N-dealkylation sites (N-methyl/N-ethyl adjacent to an activating group) is 1. The minimum atomic E-state index is -4.35. The van der Waals surface area contributed by atoms with Gasteiger partial charge in [-0.2, -0.15) is 0 Å². The summed E-state index contributed by atoms with van der Waals surface area (Å²) in [5, 5.41) is 2.46. The highest BCUT2D eigenvalue weighted by molar-refractivity contribution is 7.92. The molecule has 8 nitrogen and oxygen atoms in total. The van der Waals surface area contributed by atoms with E-state index in [0.29, 0.717) is 12.4 Å². The van der Waals surface area contributed by atoms with Crippen molar-refractivity contribution in [3.8, 4) is 5.75 Å². The molecule has 1 atom stereocenters. The lowest BCUT2D eigenvalue weighted by Crippen LogP contribution is -2.50. The fourth-order valence-corrected chi connectivity index (χ4v) is 5.15. The molecule has 2 amide bonds. The molecule has 3 aromatic rings. The molecular formula is C27H29F2N3O5S. The molecular weight excluding hydrogens is 516 g/mol. The summed E-state index contributed by atoms with van der Waals surface area (Å²) in [4.78, 5) is 27.0. The van der Waals surface area contributed by atoms with E-state index in [-0.39, 0.29) is 22.7 Å². The quantitative estimate of drug-likeness (QED) is 0.396. The first-order chi connectivity index (χ1) is 18.1. The molecule has 0 fully saturated rings. The SMILES string of the molecule is CCOc1ccc(N(CC(=O)N(Cc2ccccc2F)C(C)C(=O)NC)S(=O)(=O)c2ccc(F)cc2)cc1. The Morgan fingerprint density at radius 3 is 2.18 bits per heavy atom. The highest BCUT2D eigenvalue weighted by Gasteiger charge is 2.32. The van der Waals surface area contributed by atoms with Gasteiger partial charge in [-0.05, 0) is 68.4 Å². The molecule has 0 saturated carbocycles. The zero-order valence-electron chi connectivity index (χ0n) is 21.2. The van der Waals surface area contributed by atoms with Crippen LogP contribution in [0.5, 0.6) is 5.75 Å². The summed E-state index contributed by atoms with van der Waals surface area (Å²) in [5.74, 6) is -1.96. The summed E-state index contributed by atoms with van der Waals surface area (Å²) in [5.41, 5.74) is 0.301. The Bertz CT molecular complexity index is 1370. The highest BCUT2D eigenvalue weighted by Crippen LogP contribution is 2.27. The fourth-order valence-electron chi connectivity index (χ4n) is 3.74. The van der Waals surface area contributed by atoms with Gasteiger partial charge in [-0.25, -0.2) is 17.2 Å². The monoisotopic (exact) mass is 545 g/mol. The van der Waals surface area contributed by atoms with Crippen LogP contribution in [-0.2, 0) is 26.2 Å². The van der Waals surface area contributed by atoms with Crippen LogP contribution in [-0.4, -0.2) is 51.4 Å². The average Bonchev–Trinajstić information content (AvgIpc) is 2.91. The van der Waals surface area contributed by atoms with Crippen LogP contribution in [0, 0.1) is 11.6 Å². The molecule has 1 unspecified atom stereocenters. The molecule has 0 heterocycles. The second-order valence-corrected chi connectivity index (χ2v) is 10.2. The van der Waals surface area contributed by atoms with Crippen LogP contribution in [0.1, 0.15) is 19.4 Å². The number of anilines is 1. The van der Waals surface area contributed by atoms with Gasteiger partial charge in [0.15, 0.2) is 0 Å². The molecule has 1 N–H and O–H groups in total. The van der Waals surface area contributed by atoms with Crippen molar-refractivity contribution in [2.24, 2.45) is 0 Å². The highest BCUT2D eigenvalue weighted by atomic mass is 32.2. The molecule has 38 heavy (non-hydrogen) atoms. The number of ether oxygens (including phenoxy) is 1. The molecule has 0 aromatic heterocycles. The third-order valence-corrected chi connectivity index (χ3v) is 7.62. The van der Waals surface area contributed by atoms with Crippen LogP contribution >= 0.6 is 0 Å². The normalized spacial score (nSPS) is 11.9. The molecule has 0 bridgehead atoms. The second-order valence-electron chi connectivity index (χ2n) is 8.30. The maximum Gasteiger partial charge on any atom is 0.264 e. The van der Waals surface area contributed by atoms with Crippen molar-refractivity contribution in [2.45, 2.75) is 31.3 Å². The Morgan fingerprint density at radius 2 is 1.61 bits per heavy atom. The number of amides is 2. The number of hydrogen-bond donors (Lipinski definition) is 1. The van der Waals surface area contributed by atoms with Gasteiger partial charge in [-0.3, -0.25) is 13.9 Å². The number of halogens is 2. The van der Waals surface area contributed by atoms with Crippen molar-refractivity contribution < 1.29 is 31.5 Å². The standard InChI is InChI=1S/C27H29F2N3O5S/c1-4-37-23-13-11-22(12-14-23)32(38(35,36)24-15-9-21(28)10-16-24)18-26(33)31(19(2)27(34)30-3)17-20-7-5-6-8-25(20)29/h5-16,19H,4,17-18H2,1-3H3,(H,30,34). The molecule has 0 radical (unpaired) electrons. The minimum absolute atomic E-state index is 0.143. The third-order valence-electron chi connectivity index (χ3n) is 5.83. The van der Waals surface area contributed by atoms with E-state index in [2.05, 4.69) is 5.32 Å². The number of nitrogens with one attached hydrogen (secondary N) is 1. The number of carbonyl (C=O) groups is 2. The van der Waals surface area contributed by atoms with Crippen LogP contribution < -0.4 is 14.4 Å². The van der Waals surface area contributed by atoms with Crippen LogP contribution in [0.4, 0.5) is 14.5 Å². The smallest absolute Gasteiger partial charge is 0.264 e. The van der Waals surface area contributed by atoms with E-state index in [0.717, 1.165) is 33.5 Å². The van der Waals surface area contributed by atoms with Crippen molar-refractivity contribution in [2.75, 3.05) is 24.5 Å². The molecule has 11 heteroatoms. The van der Waals surface area contributed by atoms with Crippen LogP contribution in [0.25, 0.3) is 0 Å². The van der Waals surface area contributed by atoms with E-state index in [9.17, 15) is 26.8 Å². The summed E-state index contributed by atoms with van der Waals surface area (Å²) in [6.07, 6.45) is 0. The predicted molar refractivity (Wildman–Crippen MR) is 139 cm³/mol. The van der Waals surface area contributed by atoms with Gasteiger partial charge < -0.3 is 15.0 Å². The number of rotatable bonds is 11. The van der Waals surface area contributed by atoms with Crippen LogP contribution in [0.2, 0.25) is 0 Å². The third kappa shape index (κ3) is 6.65. The zero-order chi connectivity index (χ0) is 27.9. The van der Waals surface area contributed by atoms with Crippen molar-refractivity contribution >= 4 is 27.5 Å². The lowest BCUT2D eigenvalue weighted by atomic mass is 10.1. The predicted octanol–water partition coefficient (Wildman–Crippen LogP) is 3.72. The number of carbonyl (C=O) groups excluding carboxylic acids is 2. The van der Waals surface area contributed by atoms with Gasteiger partial charge in [0.25, 0.3) is 10.0 Å². The summed E-state index contributed by atoms with van der Waals surface area (Å²) in [6, 6.07) is 15.0. The van der Waals surface area contributed by atoms with Gasteiger partial charge >= 0.3 is 0 Å². The Balaban J connectivity index is 2.04. The second kappa shape index (κ2) is 12.5. The summed E-state index contributed by atoms with van der Waals surface area (Å²) in [6.45, 7) is 2.69. The van der Waals surface area contributed by atoms with Crippen molar-refractivity contribution in [1.29, 1.82) is 0 Å². The first-order valence-corrected chi connectivity index (χ1v) is 13.3. The molecule has 0 spiro atoms. The van der Waals surface area contributed by atoms with Crippen molar-refractivity contribution in [3.63, 3.8) is 0 Å². The van der Waals surface area contributed by atoms with Gasteiger partial charge in [0.1, 0.15) is 30.0 Å².